The second kappa shape index (κ2) is 3.93. The summed E-state index contributed by atoms with van der Waals surface area (Å²) < 4.78 is 4.06. The Balaban J connectivity index is 2.75. The van der Waals surface area contributed by atoms with Gasteiger partial charge in [-0.2, -0.15) is 0 Å². The molecule has 16 heavy (non-hydrogen) atoms. The molecule has 0 saturated heterocycles. The van der Waals surface area contributed by atoms with Gasteiger partial charge in [-0.15, -0.1) is 4.68 Å². The van der Waals surface area contributed by atoms with Crippen molar-refractivity contribution in [1.82, 2.24) is 4.68 Å². The second-order valence-corrected chi connectivity index (χ2v) is 3.97. The minimum Gasteiger partial charge on any atom is -0.290 e. The lowest BCUT2D eigenvalue weighted by Crippen LogP contribution is -2.47. The Hall–Kier alpha value is -1.90. The summed E-state index contributed by atoms with van der Waals surface area (Å²) in [6.45, 7) is 5.92. The molecule has 0 aromatic carbocycles. The molecule has 3 nitrogen and oxygen atoms in total. The summed E-state index contributed by atoms with van der Waals surface area (Å²) in [6, 6.07) is 9.30. The minimum absolute atomic E-state index is 0.0560. The smallest absolute Gasteiger partial charge is 0.209 e. The van der Waals surface area contributed by atoms with Crippen LogP contribution in [0, 0.1) is 20.8 Å². The summed E-state index contributed by atoms with van der Waals surface area (Å²) in [5.74, 6) is 0. The fourth-order valence-electron chi connectivity index (χ4n) is 1.94. The number of rotatable bonds is 1. The van der Waals surface area contributed by atoms with Gasteiger partial charge in [0, 0.05) is 31.2 Å². The van der Waals surface area contributed by atoms with Gasteiger partial charge in [-0.05, 0) is 19.9 Å². The molecule has 0 aliphatic heterocycles. The van der Waals surface area contributed by atoms with Gasteiger partial charge in [0.05, 0.1) is 11.4 Å². The van der Waals surface area contributed by atoms with E-state index in [2.05, 4.69) is 0 Å². The molecule has 0 saturated carbocycles. The van der Waals surface area contributed by atoms with Crippen LogP contribution in [0.15, 0.2) is 41.3 Å². The molecule has 0 N–H and O–H groups in total. The van der Waals surface area contributed by atoms with Crippen molar-refractivity contribution >= 4 is 0 Å². The van der Waals surface area contributed by atoms with Gasteiger partial charge in [-0.25, -0.2) is 0 Å². The Morgan fingerprint density at radius 1 is 1.06 bits per heavy atom. The fraction of sp³-hybridized carbons (Fsp3) is 0.231. The van der Waals surface area contributed by atoms with Crippen molar-refractivity contribution in [1.29, 1.82) is 0 Å². The summed E-state index contributed by atoms with van der Waals surface area (Å²) in [5.41, 5.74) is 3.05. The van der Waals surface area contributed by atoms with E-state index in [1.165, 1.54) is 0 Å². The first-order valence-electron chi connectivity index (χ1n) is 5.28. The zero-order chi connectivity index (χ0) is 11.7. The van der Waals surface area contributed by atoms with E-state index in [-0.39, 0.29) is 5.43 Å². The summed E-state index contributed by atoms with van der Waals surface area (Å²) in [5, 5.41) is 0. The molecule has 0 spiro atoms. The van der Waals surface area contributed by atoms with Gasteiger partial charge >= 0.3 is 0 Å². The number of aromatic nitrogens is 2. The highest BCUT2D eigenvalue weighted by Gasteiger charge is 2.12. The van der Waals surface area contributed by atoms with Crippen LogP contribution in [-0.4, -0.2) is 4.68 Å². The molecule has 0 aliphatic rings. The Morgan fingerprint density at radius 3 is 2.25 bits per heavy atom. The van der Waals surface area contributed by atoms with Crippen LogP contribution in [0.3, 0.4) is 0 Å². The average Bonchev–Trinajstić information content (AvgIpc) is 2.19. The zero-order valence-electron chi connectivity index (χ0n) is 9.77. The van der Waals surface area contributed by atoms with Gasteiger partial charge in [-0.3, -0.25) is 4.79 Å². The average molecular weight is 215 g/mol. The maximum Gasteiger partial charge on any atom is 0.209 e. The van der Waals surface area contributed by atoms with Crippen LogP contribution >= 0.6 is 0 Å². The lowest BCUT2D eigenvalue weighted by molar-refractivity contribution is -0.735. The van der Waals surface area contributed by atoms with Crippen molar-refractivity contribution in [3.05, 3.63) is 63.8 Å². The zero-order valence-corrected chi connectivity index (χ0v) is 9.77. The summed E-state index contributed by atoms with van der Waals surface area (Å²) in [4.78, 5) is 11.4. The van der Waals surface area contributed by atoms with E-state index in [9.17, 15) is 4.79 Å². The Morgan fingerprint density at radius 2 is 1.69 bits per heavy atom. The lowest BCUT2D eigenvalue weighted by atomic mass is 10.3. The third kappa shape index (κ3) is 1.76. The van der Waals surface area contributed by atoms with Crippen LogP contribution in [0.1, 0.15) is 17.1 Å². The highest BCUT2D eigenvalue weighted by molar-refractivity contribution is 5.10. The van der Waals surface area contributed by atoms with E-state index < -0.39 is 0 Å². The van der Waals surface area contributed by atoms with E-state index in [4.69, 9.17) is 0 Å². The second-order valence-electron chi connectivity index (χ2n) is 3.97. The summed E-state index contributed by atoms with van der Waals surface area (Å²) in [6.07, 6.45) is 1.99. The Bertz CT molecular complexity index is 558. The molecule has 2 rings (SSSR count). The summed E-state index contributed by atoms with van der Waals surface area (Å²) in [7, 11) is 0. The van der Waals surface area contributed by atoms with E-state index in [0.717, 1.165) is 17.1 Å². The molecule has 3 heteroatoms. The minimum atomic E-state index is 0.0560. The van der Waals surface area contributed by atoms with Crippen LogP contribution in [0.4, 0.5) is 0 Å². The highest BCUT2D eigenvalue weighted by atomic mass is 16.1. The molecule has 0 unspecified atom stereocenters. The Labute approximate surface area is 94.6 Å². The van der Waals surface area contributed by atoms with Gasteiger partial charge in [0.25, 0.3) is 0 Å². The van der Waals surface area contributed by atoms with Gasteiger partial charge in [0.1, 0.15) is 0 Å². The molecule has 2 heterocycles. The van der Waals surface area contributed by atoms with Crippen molar-refractivity contribution in [3.8, 4) is 0 Å². The fourth-order valence-corrected chi connectivity index (χ4v) is 1.94. The molecule has 2 aromatic heterocycles. The molecule has 0 bridgehead atoms. The molecule has 0 atom stereocenters. The number of hydrogen-bond acceptors (Lipinski definition) is 1. The number of aryl methyl sites for hydroxylation is 3. The van der Waals surface area contributed by atoms with Crippen molar-refractivity contribution in [3.63, 3.8) is 0 Å². The molecule has 0 aliphatic carbocycles. The van der Waals surface area contributed by atoms with Crippen molar-refractivity contribution in [2.45, 2.75) is 20.8 Å². The number of pyridine rings is 2. The number of nitrogens with zero attached hydrogens (tertiary/aromatic N) is 2. The molecule has 82 valence electrons. The first kappa shape index (κ1) is 10.6. The van der Waals surface area contributed by atoms with Crippen molar-refractivity contribution in [2.75, 3.05) is 0 Å². The molecule has 0 amide bonds. The predicted molar refractivity (Wildman–Crippen MR) is 62.3 cm³/mol. The first-order valence-corrected chi connectivity index (χ1v) is 5.28. The topological polar surface area (TPSA) is 25.9 Å². The molecular weight excluding hydrogens is 200 g/mol. The van der Waals surface area contributed by atoms with Crippen molar-refractivity contribution in [2.24, 2.45) is 0 Å². The van der Waals surface area contributed by atoms with E-state index in [1.54, 1.807) is 12.1 Å². The monoisotopic (exact) mass is 215 g/mol. The first-order chi connectivity index (χ1) is 7.59. The maximum absolute atomic E-state index is 11.4. The van der Waals surface area contributed by atoms with Crippen LogP contribution in [0.2, 0.25) is 0 Å². The van der Waals surface area contributed by atoms with Crippen LogP contribution in [0.25, 0.3) is 0 Å². The van der Waals surface area contributed by atoms with Gasteiger partial charge in [-0.1, -0.05) is 4.68 Å². The number of hydrogen-bond donors (Lipinski definition) is 0. The molecule has 0 radical (unpaired) electrons. The van der Waals surface area contributed by atoms with Crippen LogP contribution < -0.4 is 10.1 Å². The highest BCUT2D eigenvalue weighted by Crippen LogP contribution is 1.99. The SMILES string of the molecule is Cc1cc(=O)cc(C)n1-[n+]1ccccc1C. The molecular formula is C13H15N2O+. The van der Waals surface area contributed by atoms with E-state index >= 15 is 0 Å². The van der Waals surface area contributed by atoms with E-state index in [0.29, 0.717) is 0 Å². The summed E-state index contributed by atoms with van der Waals surface area (Å²) >= 11 is 0. The van der Waals surface area contributed by atoms with Crippen LogP contribution in [-0.2, 0) is 0 Å². The van der Waals surface area contributed by atoms with Gasteiger partial charge in [0.2, 0.25) is 11.9 Å². The van der Waals surface area contributed by atoms with Gasteiger partial charge < -0.3 is 0 Å². The van der Waals surface area contributed by atoms with E-state index in [1.807, 2.05) is 54.5 Å². The lowest BCUT2D eigenvalue weighted by Gasteiger charge is -2.08. The maximum atomic E-state index is 11.4. The standard InChI is InChI=1S/C13H15N2O/c1-10-6-4-5-7-14(10)15-11(2)8-13(16)9-12(15)3/h4-9H,1-3H3/q+1. The quantitative estimate of drug-likeness (QED) is 0.660. The third-order valence-electron chi connectivity index (χ3n) is 2.62. The molecule has 0 fully saturated rings. The third-order valence-corrected chi connectivity index (χ3v) is 2.62. The molecule has 2 aromatic rings. The normalized spacial score (nSPS) is 10.4. The van der Waals surface area contributed by atoms with Gasteiger partial charge in [0.15, 0.2) is 5.43 Å². The largest absolute Gasteiger partial charge is 0.290 e. The predicted octanol–water partition coefficient (Wildman–Crippen LogP) is 1.37. The van der Waals surface area contributed by atoms with Crippen molar-refractivity contribution < 1.29 is 4.68 Å². The van der Waals surface area contributed by atoms with Crippen LogP contribution in [0.5, 0.6) is 0 Å². The Kier molecular flexibility index (Phi) is 2.60.